The largest absolute Gasteiger partial charge is 0.296 e. The highest BCUT2D eigenvalue weighted by Gasteiger charge is 2.32. The molecule has 0 radical (unpaired) electrons. The van der Waals surface area contributed by atoms with E-state index in [2.05, 4.69) is 51.8 Å². The minimum absolute atomic E-state index is 0.881. The molecule has 2 heteroatoms. The summed E-state index contributed by atoms with van der Waals surface area (Å²) < 4.78 is 1.34. The third-order valence-corrected chi connectivity index (χ3v) is 5.38. The molecule has 1 nitrogen and oxygen atoms in total. The molecule has 1 saturated heterocycles. The smallest absolute Gasteiger partial charge is 0.0236 e. The zero-order valence-electron chi connectivity index (χ0n) is 10.9. The number of nitrogens with zero attached hydrogens (tertiary/aromatic N) is 1. The Bertz CT molecular complexity index is 381. The predicted octanol–water partition coefficient (Wildman–Crippen LogP) is 4.45. The van der Waals surface area contributed by atoms with Gasteiger partial charge in [-0.25, -0.2) is 0 Å². The Labute approximate surface area is 124 Å². The van der Waals surface area contributed by atoms with Crippen LogP contribution >= 0.6 is 22.6 Å². The van der Waals surface area contributed by atoms with Gasteiger partial charge in [0, 0.05) is 16.2 Å². The fourth-order valence-corrected chi connectivity index (χ4v) is 4.11. The third-order valence-electron chi connectivity index (χ3n) is 4.66. The van der Waals surface area contributed by atoms with Gasteiger partial charge in [0.15, 0.2) is 0 Å². The van der Waals surface area contributed by atoms with Crippen LogP contribution in [0.25, 0.3) is 0 Å². The van der Waals surface area contributed by atoms with E-state index >= 15 is 0 Å². The summed E-state index contributed by atoms with van der Waals surface area (Å²) in [6, 6.07) is 9.94. The summed E-state index contributed by atoms with van der Waals surface area (Å²) >= 11 is 2.38. The second-order valence-electron chi connectivity index (χ2n) is 5.85. The van der Waals surface area contributed by atoms with Gasteiger partial charge in [0.05, 0.1) is 0 Å². The van der Waals surface area contributed by atoms with Crippen molar-refractivity contribution in [2.45, 2.75) is 51.1 Å². The van der Waals surface area contributed by atoms with Gasteiger partial charge in [0.1, 0.15) is 0 Å². The van der Waals surface area contributed by atoms with Crippen molar-refractivity contribution in [3.8, 4) is 0 Å². The number of halogens is 1. The lowest BCUT2D eigenvalue weighted by Crippen LogP contribution is -2.34. The van der Waals surface area contributed by atoms with Crippen LogP contribution in [0.4, 0.5) is 0 Å². The van der Waals surface area contributed by atoms with Crippen LogP contribution in [0.1, 0.15) is 44.1 Å². The summed E-state index contributed by atoms with van der Waals surface area (Å²) in [6.45, 7) is 2.48. The first-order chi connectivity index (χ1) is 8.83. The molecule has 1 aromatic carbocycles. The number of hydrogen-bond acceptors (Lipinski definition) is 1. The Morgan fingerprint density at radius 3 is 2.44 bits per heavy atom. The van der Waals surface area contributed by atoms with E-state index in [1.807, 2.05) is 0 Å². The first kappa shape index (κ1) is 12.9. The van der Waals surface area contributed by atoms with E-state index in [0.29, 0.717) is 0 Å². The normalized spacial score (nSPS) is 25.9. The topological polar surface area (TPSA) is 3.24 Å². The maximum absolute atomic E-state index is 2.75. The fraction of sp³-hybridized carbons (Fsp3) is 0.625. The molecular formula is C16H22IN. The number of hydrogen-bond donors (Lipinski definition) is 0. The Hall–Kier alpha value is -0.0900. The summed E-state index contributed by atoms with van der Waals surface area (Å²) in [5.74, 6) is 0.997. The quantitative estimate of drug-likeness (QED) is 0.725. The fourth-order valence-electron chi connectivity index (χ4n) is 3.75. The highest BCUT2D eigenvalue weighted by Crippen LogP contribution is 2.36. The molecule has 0 bridgehead atoms. The van der Waals surface area contributed by atoms with Crippen molar-refractivity contribution in [1.29, 1.82) is 0 Å². The average molecular weight is 355 g/mol. The van der Waals surface area contributed by atoms with Crippen LogP contribution < -0.4 is 0 Å². The molecule has 1 heterocycles. The summed E-state index contributed by atoms with van der Waals surface area (Å²) in [7, 11) is 0. The molecule has 0 spiro atoms. The molecule has 1 aliphatic heterocycles. The van der Waals surface area contributed by atoms with Gasteiger partial charge >= 0.3 is 0 Å². The predicted molar refractivity (Wildman–Crippen MR) is 84.5 cm³/mol. The van der Waals surface area contributed by atoms with E-state index in [9.17, 15) is 0 Å². The summed E-state index contributed by atoms with van der Waals surface area (Å²) in [6.07, 6.45) is 8.75. The van der Waals surface area contributed by atoms with E-state index in [4.69, 9.17) is 0 Å². The second-order valence-corrected chi connectivity index (χ2v) is 7.10. The summed E-state index contributed by atoms with van der Waals surface area (Å²) in [5.41, 5.74) is 1.49. The van der Waals surface area contributed by atoms with Gasteiger partial charge in [-0.1, -0.05) is 25.0 Å². The number of likely N-dealkylation sites (tertiary alicyclic amines) is 1. The Balaban J connectivity index is 1.65. The van der Waals surface area contributed by atoms with Crippen LogP contribution in [0.2, 0.25) is 0 Å². The highest BCUT2D eigenvalue weighted by molar-refractivity contribution is 14.1. The van der Waals surface area contributed by atoms with Crippen molar-refractivity contribution in [2.75, 3.05) is 6.54 Å². The zero-order chi connectivity index (χ0) is 12.4. The van der Waals surface area contributed by atoms with E-state index in [0.717, 1.165) is 18.5 Å². The van der Waals surface area contributed by atoms with Crippen LogP contribution in [0.3, 0.4) is 0 Å². The summed E-state index contributed by atoms with van der Waals surface area (Å²) in [5, 5.41) is 0. The summed E-state index contributed by atoms with van der Waals surface area (Å²) in [4.78, 5) is 2.75. The van der Waals surface area contributed by atoms with Crippen molar-refractivity contribution in [1.82, 2.24) is 4.90 Å². The van der Waals surface area contributed by atoms with Crippen LogP contribution in [-0.4, -0.2) is 17.5 Å². The van der Waals surface area contributed by atoms with Gasteiger partial charge in [0.25, 0.3) is 0 Å². The molecule has 3 rings (SSSR count). The van der Waals surface area contributed by atoms with E-state index in [1.54, 1.807) is 0 Å². The monoisotopic (exact) mass is 355 g/mol. The lowest BCUT2D eigenvalue weighted by Gasteiger charge is -2.29. The van der Waals surface area contributed by atoms with Crippen molar-refractivity contribution < 1.29 is 0 Å². The van der Waals surface area contributed by atoms with Crippen molar-refractivity contribution in [2.24, 2.45) is 5.92 Å². The first-order valence-corrected chi connectivity index (χ1v) is 8.39. The molecule has 0 amide bonds. The van der Waals surface area contributed by atoms with E-state index < -0.39 is 0 Å². The van der Waals surface area contributed by atoms with Crippen LogP contribution in [-0.2, 0) is 6.54 Å². The van der Waals surface area contributed by atoms with Crippen molar-refractivity contribution in [3.05, 3.63) is 33.4 Å². The van der Waals surface area contributed by atoms with E-state index in [-0.39, 0.29) is 0 Å². The molecule has 1 aromatic rings. The molecule has 0 aromatic heterocycles. The Morgan fingerprint density at radius 1 is 1.00 bits per heavy atom. The van der Waals surface area contributed by atoms with Crippen molar-refractivity contribution >= 4 is 22.6 Å². The number of rotatable bonds is 3. The Morgan fingerprint density at radius 2 is 1.72 bits per heavy atom. The molecule has 98 valence electrons. The molecule has 18 heavy (non-hydrogen) atoms. The van der Waals surface area contributed by atoms with E-state index in [1.165, 1.54) is 54.2 Å². The molecule has 1 unspecified atom stereocenters. The van der Waals surface area contributed by atoms with Gasteiger partial charge < -0.3 is 0 Å². The average Bonchev–Trinajstić information content (AvgIpc) is 3.02. The minimum Gasteiger partial charge on any atom is -0.296 e. The lowest BCUT2D eigenvalue weighted by atomic mass is 9.96. The molecule has 2 fully saturated rings. The lowest BCUT2D eigenvalue weighted by molar-refractivity contribution is 0.183. The standard InChI is InChI=1S/C16H22IN/c17-15-9-7-13(8-10-15)12-18-11-3-6-16(18)14-4-1-2-5-14/h7-10,14,16H,1-6,11-12H2. The molecule has 0 N–H and O–H groups in total. The molecule has 1 atom stereocenters. The second kappa shape index (κ2) is 5.91. The van der Waals surface area contributed by atoms with Gasteiger partial charge in [-0.2, -0.15) is 0 Å². The Kier molecular flexibility index (Phi) is 4.24. The minimum atomic E-state index is 0.881. The van der Waals surface area contributed by atoms with Crippen LogP contribution in [0, 0.1) is 9.49 Å². The number of benzene rings is 1. The highest BCUT2D eigenvalue weighted by atomic mass is 127. The van der Waals surface area contributed by atoms with Crippen molar-refractivity contribution in [3.63, 3.8) is 0 Å². The van der Waals surface area contributed by atoms with Gasteiger partial charge in [-0.05, 0) is 78.4 Å². The molecule has 1 saturated carbocycles. The van der Waals surface area contributed by atoms with Crippen LogP contribution in [0.15, 0.2) is 24.3 Å². The third kappa shape index (κ3) is 2.90. The molecular weight excluding hydrogens is 333 g/mol. The van der Waals surface area contributed by atoms with Crippen LogP contribution in [0.5, 0.6) is 0 Å². The maximum Gasteiger partial charge on any atom is 0.0236 e. The first-order valence-electron chi connectivity index (χ1n) is 7.31. The zero-order valence-corrected chi connectivity index (χ0v) is 13.1. The maximum atomic E-state index is 2.75. The van der Waals surface area contributed by atoms with Gasteiger partial charge in [-0.3, -0.25) is 4.90 Å². The molecule has 2 aliphatic rings. The SMILES string of the molecule is Ic1ccc(CN2CCCC2C2CCCC2)cc1. The van der Waals surface area contributed by atoms with Gasteiger partial charge in [0.2, 0.25) is 0 Å². The van der Waals surface area contributed by atoms with Gasteiger partial charge in [-0.15, -0.1) is 0 Å². The molecule has 1 aliphatic carbocycles.